The van der Waals surface area contributed by atoms with Gasteiger partial charge in [0.15, 0.2) is 69.9 Å². The van der Waals surface area contributed by atoms with E-state index in [1.807, 2.05) is 169 Å². The zero-order valence-electron chi connectivity index (χ0n) is 70.8. The van der Waals surface area contributed by atoms with Crippen LogP contribution in [0.4, 0.5) is 0 Å². The van der Waals surface area contributed by atoms with Gasteiger partial charge in [0, 0.05) is 131 Å². The minimum absolute atomic E-state index is 0.0255. The Morgan fingerprint density at radius 2 is 0.303 bits per heavy atom. The van der Waals surface area contributed by atoms with Gasteiger partial charge in [-0.2, -0.15) is 0 Å². The molecule has 0 fully saturated rings. The van der Waals surface area contributed by atoms with Crippen LogP contribution in [0.15, 0.2) is 413 Å². The molecule has 14 heteroatoms. The summed E-state index contributed by atoms with van der Waals surface area (Å²) in [6.45, 7) is 0. The summed E-state index contributed by atoms with van der Waals surface area (Å²) >= 11 is 3.64. The third-order valence-electron chi connectivity index (χ3n) is 26.3. The van der Waals surface area contributed by atoms with Crippen molar-refractivity contribution in [2.75, 3.05) is 0 Å². The maximum absolute atomic E-state index is 5.23. The largest absolute Gasteiger partial charge is 0.208 e. The Kier molecular flexibility index (Phi) is 18.3. The van der Waals surface area contributed by atoms with E-state index >= 15 is 0 Å². The van der Waals surface area contributed by atoms with Crippen molar-refractivity contribution in [2.45, 2.75) is 23.7 Å². The zero-order chi connectivity index (χ0) is 86.9. The Hall–Kier alpha value is -16.8. The van der Waals surface area contributed by atoms with Gasteiger partial charge in [-0.1, -0.05) is 364 Å². The first kappa shape index (κ1) is 76.5. The van der Waals surface area contributed by atoms with Crippen LogP contribution in [-0.4, -0.2) is 59.8 Å². The Morgan fingerprint density at radius 1 is 0.121 bits per heavy atom. The van der Waals surface area contributed by atoms with Gasteiger partial charge in [0.25, 0.3) is 0 Å². The number of nitrogens with zero attached hydrogens (tertiary/aromatic N) is 12. The lowest BCUT2D eigenvalue weighted by Gasteiger charge is -2.42. The fourth-order valence-electron chi connectivity index (χ4n) is 20.1. The highest BCUT2D eigenvalue weighted by Gasteiger charge is 2.44. The van der Waals surface area contributed by atoms with E-state index in [1.165, 1.54) is 113 Å². The third kappa shape index (κ3) is 13.3. The second-order valence-corrected chi connectivity index (χ2v) is 36.1. The second-order valence-electron chi connectivity index (χ2n) is 34.0. The summed E-state index contributed by atoms with van der Waals surface area (Å²) in [6.07, 6.45) is 0. The summed E-state index contributed by atoms with van der Waals surface area (Å²) in [5, 5.41) is 5.12. The van der Waals surface area contributed by atoms with Crippen LogP contribution in [0.2, 0.25) is 0 Å². The Morgan fingerprint density at radius 3 is 0.583 bits per heavy atom. The minimum atomic E-state index is 0.0255. The highest BCUT2D eigenvalue weighted by Crippen LogP contribution is 2.59. The van der Waals surface area contributed by atoms with E-state index < -0.39 is 0 Å². The van der Waals surface area contributed by atoms with Gasteiger partial charge in [-0.15, -0.1) is 22.7 Å². The first-order valence-electron chi connectivity index (χ1n) is 44.4. The molecule has 0 N–H and O–H groups in total. The molecule has 0 radical (unpaired) electrons. The lowest BCUT2D eigenvalue weighted by atomic mass is 9.61. The molecular formula is C118H72N12S2. The molecule has 6 heterocycles. The average Bonchev–Trinajstić information content (AvgIpc) is 1.30. The van der Waals surface area contributed by atoms with Crippen LogP contribution in [0.3, 0.4) is 0 Å². The maximum Gasteiger partial charge on any atom is 0.164 e. The second kappa shape index (κ2) is 31.6. The van der Waals surface area contributed by atoms with Crippen molar-refractivity contribution < 1.29 is 0 Å². The number of hydrogen-bond donors (Lipinski definition) is 0. The standard InChI is InChI=1S/C62H38N6S.C56H34N6S/c1-4-14-38(15-5-1)57-63-58(39-16-6-2-7-17-39)66-61(65-57)43-29-32-49-51(34-43)55-47-21-10-11-22-48(47)56(49)52-35-44(30-33-50(52)55)62-67-59(40-18-8-3-9-19-40)64-60(68-62)41-26-24-37(25-27-41)42-28-31-46-45-20-12-13-23-53(45)69-54(46)36-42;1-4-14-33(15-5-1)51-57-52(34-16-6-2-7-17-34)59-54(58-51)36-25-28-43-45(30-36)49-41-21-10-11-22-42(41)50(43)46-31-37(26-29-44(46)49)55-60-53(35-18-8-3-9-19-35)61-56(62-55)38-24-27-40-39-20-12-13-23-47(39)63-48(40)32-38/h1-36,55-56H;1-32,49-50H. The SMILES string of the molecule is c1ccc(-c2nc(-c3ccccc3)nc(-c3ccc4c(c3)C3c5ccccc5C4c4cc(-c5nc(-c6ccccc6)nc(-c6ccc(-c7ccc8c(c7)sc7ccccc78)cc6)n5)ccc43)n2)cc1.c1ccc(-c2nc(-c3ccccc3)nc(-c3ccc4c(c3)C3c5ccccc5C4c4cc(-c5nc(-c6ccccc6)nc(-c6ccc7c(c6)sc6ccccc67)n5)ccc43)n2)cc1. The van der Waals surface area contributed by atoms with Gasteiger partial charge < -0.3 is 0 Å². The molecule has 12 nitrogen and oxygen atoms in total. The van der Waals surface area contributed by atoms with Crippen molar-refractivity contribution in [3.05, 3.63) is 479 Å². The van der Waals surface area contributed by atoms with Crippen molar-refractivity contribution in [3.8, 4) is 148 Å². The van der Waals surface area contributed by atoms with E-state index in [1.54, 1.807) is 11.3 Å². The maximum atomic E-state index is 5.23. The molecule has 29 rings (SSSR count). The molecule has 4 bridgehead atoms. The first-order chi connectivity index (χ1) is 65.4. The van der Waals surface area contributed by atoms with Crippen molar-refractivity contribution in [1.29, 1.82) is 0 Å². The van der Waals surface area contributed by atoms with E-state index in [0.29, 0.717) is 69.9 Å². The van der Waals surface area contributed by atoms with Gasteiger partial charge in [0.05, 0.1) is 0 Å². The predicted octanol–water partition coefficient (Wildman–Crippen LogP) is 28.5. The summed E-state index contributed by atoms with van der Waals surface area (Å²) in [7, 11) is 0. The molecule has 23 aromatic rings. The van der Waals surface area contributed by atoms with Crippen LogP contribution in [0, 0.1) is 0 Å². The van der Waals surface area contributed by atoms with E-state index in [2.05, 4.69) is 255 Å². The van der Waals surface area contributed by atoms with E-state index in [4.69, 9.17) is 59.8 Å². The molecular weight excluding hydrogens is 1650 g/mol. The Bertz CT molecular complexity index is 8430. The molecule has 0 aliphatic heterocycles. The van der Waals surface area contributed by atoms with Gasteiger partial charge in [-0.25, -0.2) is 59.8 Å². The fraction of sp³-hybridized carbons (Fsp3) is 0.0339. The molecule has 4 atom stereocenters. The quantitative estimate of drug-likeness (QED) is 0.108. The zero-order valence-corrected chi connectivity index (χ0v) is 72.4. The first-order valence-corrected chi connectivity index (χ1v) is 46.1. The van der Waals surface area contributed by atoms with Gasteiger partial charge in [0.1, 0.15) is 0 Å². The van der Waals surface area contributed by atoms with Gasteiger partial charge in [0.2, 0.25) is 0 Å². The van der Waals surface area contributed by atoms with Crippen molar-refractivity contribution in [1.82, 2.24) is 59.8 Å². The monoisotopic (exact) mass is 1720 g/mol. The summed E-state index contributed by atoms with van der Waals surface area (Å²) in [4.78, 5) is 61.2. The lowest BCUT2D eigenvalue weighted by molar-refractivity contribution is 0.754. The molecule has 0 amide bonds. The fourth-order valence-corrected chi connectivity index (χ4v) is 22.4. The Labute approximate surface area is 768 Å². The number of aromatic nitrogens is 12. The van der Waals surface area contributed by atoms with Crippen molar-refractivity contribution in [2.24, 2.45) is 0 Å². The van der Waals surface area contributed by atoms with Gasteiger partial charge >= 0.3 is 0 Å². The van der Waals surface area contributed by atoms with Crippen LogP contribution in [0.5, 0.6) is 0 Å². The average molecular weight is 1720 g/mol. The highest BCUT2D eigenvalue weighted by molar-refractivity contribution is 7.26. The topological polar surface area (TPSA) is 155 Å². The molecule has 6 aliphatic carbocycles. The van der Waals surface area contributed by atoms with Crippen LogP contribution < -0.4 is 0 Å². The molecule has 17 aromatic carbocycles. The van der Waals surface area contributed by atoms with E-state index in [0.717, 1.165) is 72.3 Å². The molecule has 0 spiro atoms. The van der Waals surface area contributed by atoms with Crippen LogP contribution in [0.1, 0.15) is 90.4 Å². The summed E-state index contributed by atoms with van der Waals surface area (Å²) in [6, 6.07) is 145. The van der Waals surface area contributed by atoms with Crippen LogP contribution >= 0.6 is 22.7 Å². The van der Waals surface area contributed by atoms with Gasteiger partial charge in [-0.3, -0.25) is 0 Å². The van der Waals surface area contributed by atoms with Gasteiger partial charge in [-0.05, 0) is 126 Å². The van der Waals surface area contributed by atoms with E-state index in [9.17, 15) is 0 Å². The molecule has 0 saturated heterocycles. The number of fused-ring (bicyclic) bond motifs is 6. The van der Waals surface area contributed by atoms with E-state index in [-0.39, 0.29) is 23.7 Å². The van der Waals surface area contributed by atoms with Crippen LogP contribution in [-0.2, 0) is 0 Å². The van der Waals surface area contributed by atoms with Crippen LogP contribution in [0.25, 0.3) is 188 Å². The smallest absolute Gasteiger partial charge is 0.164 e. The summed E-state index contributed by atoms with van der Waals surface area (Å²) < 4.78 is 5.08. The number of thiophene rings is 2. The molecule has 616 valence electrons. The molecule has 132 heavy (non-hydrogen) atoms. The lowest BCUT2D eigenvalue weighted by Crippen LogP contribution is -2.27. The number of rotatable bonds is 13. The molecule has 6 aliphatic rings. The molecule has 4 unspecified atom stereocenters. The molecule has 0 saturated carbocycles. The highest BCUT2D eigenvalue weighted by atomic mass is 32.1. The normalized spacial score (nSPS) is 14.5. The third-order valence-corrected chi connectivity index (χ3v) is 28.6. The molecule has 6 aromatic heterocycles. The number of hydrogen-bond acceptors (Lipinski definition) is 14. The predicted molar refractivity (Wildman–Crippen MR) is 532 cm³/mol. The minimum Gasteiger partial charge on any atom is -0.208 e. The summed E-state index contributed by atoms with van der Waals surface area (Å²) in [5.41, 5.74) is 29.4. The Balaban J connectivity index is 0.000000139. The van der Waals surface area contributed by atoms with Crippen molar-refractivity contribution in [3.63, 3.8) is 0 Å². The summed E-state index contributed by atoms with van der Waals surface area (Å²) in [5.74, 6) is 7.92. The number of benzene rings is 17. The van der Waals surface area contributed by atoms with Crippen molar-refractivity contribution >= 4 is 63.0 Å².